The number of carbonyl (C=O) groups is 1. The van der Waals surface area contributed by atoms with Crippen LogP contribution in [0.3, 0.4) is 0 Å². The normalized spacial score (nSPS) is 12.5. The number of nitrogens with zero attached hydrogens (tertiary/aromatic N) is 2. The van der Waals surface area contributed by atoms with E-state index in [2.05, 4.69) is 38.8 Å². The number of carbonyl (C=O) groups excluding carboxylic acids is 1. The van der Waals surface area contributed by atoms with Crippen LogP contribution in [0.5, 0.6) is 17.2 Å². The lowest BCUT2D eigenvalue weighted by atomic mass is 10.1. The van der Waals surface area contributed by atoms with Crippen LogP contribution in [-0.2, 0) is 11.2 Å². The minimum absolute atomic E-state index is 0.110. The first-order valence-corrected chi connectivity index (χ1v) is 10.8. The van der Waals surface area contributed by atoms with Crippen molar-refractivity contribution in [3.63, 3.8) is 0 Å². The van der Waals surface area contributed by atoms with Gasteiger partial charge in [-0.3, -0.25) is 4.79 Å². The fraction of sp³-hybridized carbons (Fsp3) is 0.304. The summed E-state index contributed by atoms with van der Waals surface area (Å²) >= 11 is 1.65. The summed E-state index contributed by atoms with van der Waals surface area (Å²) in [5.41, 5.74) is 5.04. The first kappa shape index (κ1) is 21.0. The van der Waals surface area contributed by atoms with E-state index < -0.39 is 0 Å². The van der Waals surface area contributed by atoms with Crippen molar-refractivity contribution in [2.24, 2.45) is 0 Å². The number of amides is 1. The van der Waals surface area contributed by atoms with Crippen molar-refractivity contribution in [3.05, 3.63) is 46.3 Å². The Bertz CT molecular complexity index is 1090. The highest BCUT2D eigenvalue weighted by Crippen LogP contribution is 2.40. The third kappa shape index (κ3) is 4.29. The molecule has 0 fully saturated rings. The van der Waals surface area contributed by atoms with E-state index in [9.17, 15) is 4.79 Å². The van der Waals surface area contributed by atoms with Gasteiger partial charge in [-0.15, -0.1) is 11.3 Å². The SMILES string of the molecule is COc1cc(NC(=O)CN2CCc3cc(-c4csc(C)n4)ccc32)cc(OC)c1OC. The maximum Gasteiger partial charge on any atom is 0.243 e. The summed E-state index contributed by atoms with van der Waals surface area (Å²) in [5.74, 6) is 1.37. The molecular formula is C23H25N3O4S. The minimum Gasteiger partial charge on any atom is -0.493 e. The molecule has 1 aliphatic rings. The zero-order chi connectivity index (χ0) is 22.0. The molecule has 0 bridgehead atoms. The van der Waals surface area contributed by atoms with Crippen LogP contribution in [0.25, 0.3) is 11.3 Å². The second-order valence-electron chi connectivity index (χ2n) is 7.23. The Morgan fingerprint density at radius 1 is 1.13 bits per heavy atom. The minimum atomic E-state index is -0.110. The van der Waals surface area contributed by atoms with Crippen LogP contribution in [0.2, 0.25) is 0 Å². The smallest absolute Gasteiger partial charge is 0.243 e. The van der Waals surface area contributed by atoms with E-state index in [0.717, 1.165) is 34.9 Å². The molecule has 1 N–H and O–H groups in total. The number of benzene rings is 2. The maximum absolute atomic E-state index is 12.7. The van der Waals surface area contributed by atoms with Crippen molar-refractivity contribution in [2.45, 2.75) is 13.3 Å². The van der Waals surface area contributed by atoms with E-state index in [1.807, 2.05) is 6.92 Å². The summed E-state index contributed by atoms with van der Waals surface area (Å²) in [6, 6.07) is 9.78. The van der Waals surface area contributed by atoms with Gasteiger partial charge in [0.05, 0.1) is 38.6 Å². The third-order valence-electron chi connectivity index (χ3n) is 5.27. The van der Waals surface area contributed by atoms with E-state index in [-0.39, 0.29) is 12.5 Å². The van der Waals surface area contributed by atoms with Crippen molar-refractivity contribution in [1.82, 2.24) is 4.98 Å². The average Bonchev–Trinajstić information content (AvgIpc) is 3.38. The van der Waals surface area contributed by atoms with Crippen LogP contribution < -0.4 is 24.4 Å². The summed E-state index contributed by atoms with van der Waals surface area (Å²) in [7, 11) is 4.64. The average molecular weight is 440 g/mol. The first-order chi connectivity index (χ1) is 15.0. The molecule has 2 aromatic carbocycles. The number of ether oxygens (including phenoxy) is 3. The summed E-state index contributed by atoms with van der Waals surface area (Å²) in [5, 5.41) is 6.07. The fourth-order valence-electron chi connectivity index (χ4n) is 3.82. The molecule has 0 unspecified atom stereocenters. The third-order valence-corrected chi connectivity index (χ3v) is 6.04. The number of hydrogen-bond acceptors (Lipinski definition) is 7. The molecule has 0 radical (unpaired) electrons. The highest BCUT2D eigenvalue weighted by Gasteiger charge is 2.22. The Labute approximate surface area is 185 Å². The van der Waals surface area contributed by atoms with E-state index in [0.29, 0.717) is 22.9 Å². The zero-order valence-corrected chi connectivity index (χ0v) is 18.8. The number of methoxy groups -OCH3 is 3. The molecule has 0 atom stereocenters. The lowest BCUT2D eigenvalue weighted by molar-refractivity contribution is -0.115. The molecule has 7 nitrogen and oxygen atoms in total. The molecular weight excluding hydrogens is 414 g/mol. The van der Waals surface area contributed by atoms with Gasteiger partial charge < -0.3 is 24.4 Å². The molecule has 0 spiro atoms. The van der Waals surface area contributed by atoms with Gasteiger partial charge in [0.25, 0.3) is 0 Å². The van der Waals surface area contributed by atoms with Gasteiger partial charge in [0, 0.05) is 41.0 Å². The number of hydrogen-bond donors (Lipinski definition) is 1. The molecule has 3 aromatic rings. The number of anilines is 2. The number of nitrogens with one attached hydrogen (secondary N) is 1. The Kier molecular flexibility index (Phi) is 5.99. The number of thiazole rings is 1. The second-order valence-corrected chi connectivity index (χ2v) is 8.29. The van der Waals surface area contributed by atoms with Gasteiger partial charge in [0.1, 0.15) is 0 Å². The molecule has 1 amide bonds. The molecule has 1 aromatic heterocycles. The lowest BCUT2D eigenvalue weighted by Gasteiger charge is -2.20. The molecule has 1 aliphatic heterocycles. The monoisotopic (exact) mass is 439 g/mol. The molecule has 0 saturated heterocycles. The predicted molar refractivity (Wildman–Crippen MR) is 123 cm³/mol. The highest BCUT2D eigenvalue weighted by molar-refractivity contribution is 7.09. The predicted octanol–water partition coefficient (Wildman–Crippen LogP) is 4.15. The quantitative estimate of drug-likeness (QED) is 0.596. The lowest BCUT2D eigenvalue weighted by Crippen LogP contribution is -2.31. The summed E-state index contributed by atoms with van der Waals surface area (Å²) in [4.78, 5) is 19.4. The Balaban J connectivity index is 1.47. The van der Waals surface area contributed by atoms with Crippen LogP contribution in [0, 0.1) is 6.92 Å². The van der Waals surface area contributed by atoms with Crippen molar-refractivity contribution in [3.8, 4) is 28.5 Å². The van der Waals surface area contributed by atoms with Gasteiger partial charge in [-0.2, -0.15) is 0 Å². The van der Waals surface area contributed by atoms with Gasteiger partial charge in [-0.05, 0) is 31.0 Å². The maximum atomic E-state index is 12.7. The molecule has 4 rings (SSSR count). The number of rotatable bonds is 7. The van der Waals surface area contributed by atoms with E-state index >= 15 is 0 Å². The van der Waals surface area contributed by atoms with Crippen LogP contribution in [0.4, 0.5) is 11.4 Å². The van der Waals surface area contributed by atoms with Gasteiger partial charge >= 0.3 is 0 Å². The van der Waals surface area contributed by atoms with E-state index in [1.165, 1.54) is 5.56 Å². The van der Waals surface area contributed by atoms with Gasteiger partial charge in [0.2, 0.25) is 11.7 Å². The van der Waals surface area contributed by atoms with Gasteiger partial charge in [-0.1, -0.05) is 6.07 Å². The Hall–Kier alpha value is -3.26. The van der Waals surface area contributed by atoms with Crippen molar-refractivity contribution in [2.75, 3.05) is 44.6 Å². The molecule has 2 heterocycles. The van der Waals surface area contributed by atoms with Crippen molar-refractivity contribution in [1.29, 1.82) is 0 Å². The van der Waals surface area contributed by atoms with Gasteiger partial charge in [-0.25, -0.2) is 4.98 Å². The second kappa shape index (κ2) is 8.85. The zero-order valence-electron chi connectivity index (χ0n) is 18.0. The summed E-state index contributed by atoms with van der Waals surface area (Å²) < 4.78 is 16.1. The van der Waals surface area contributed by atoms with E-state index in [4.69, 9.17) is 14.2 Å². The van der Waals surface area contributed by atoms with Crippen LogP contribution in [0.1, 0.15) is 10.6 Å². The van der Waals surface area contributed by atoms with Crippen molar-refractivity contribution < 1.29 is 19.0 Å². The number of aryl methyl sites for hydroxylation is 1. The van der Waals surface area contributed by atoms with Crippen LogP contribution in [-0.4, -0.2) is 45.3 Å². The Morgan fingerprint density at radius 3 is 2.48 bits per heavy atom. The summed E-state index contributed by atoms with van der Waals surface area (Å²) in [6.07, 6.45) is 0.907. The van der Waals surface area contributed by atoms with Gasteiger partial charge in [0.15, 0.2) is 11.5 Å². The van der Waals surface area contributed by atoms with Crippen LogP contribution >= 0.6 is 11.3 Å². The largest absolute Gasteiger partial charge is 0.493 e. The number of aromatic nitrogens is 1. The number of fused-ring (bicyclic) bond motifs is 1. The topological polar surface area (TPSA) is 72.9 Å². The highest BCUT2D eigenvalue weighted by atomic mass is 32.1. The molecule has 8 heteroatoms. The molecule has 0 aliphatic carbocycles. The molecule has 31 heavy (non-hydrogen) atoms. The standard InChI is InChI=1S/C23H25N3O4S/c1-14-24-18(13-31-14)15-5-6-19-16(9-15)7-8-26(19)12-22(27)25-17-10-20(28-2)23(30-4)21(11-17)29-3/h5-6,9-11,13H,7-8,12H2,1-4H3,(H,25,27). The molecule has 0 saturated carbocycles. The first-order valence-electron chi connectivity index (χ1n) is 9.92. The molecule has 162 valence electrons. The van der Waals surface area contributed by atoms with Crippen molar-refractivity contribution >= 4 is 28.6 Å². The van der Waals surface area contributed by atoms with Crippen LogP contribution in [0.15, 0.2) is 35.7 Å². The summed E-state index contributed by atoms with van der Waals surface area (Å²) in [6.45, 7) is 3.08. The van der Waals surface area contributed by atoms with E-state index in [1.54, 1.807) is 44.8 Å². The Morgan fingerprint density at radius 2 is 1.87 bits per heavy atom. The fourth-order valence-corrected chi connectivity index (χ4v) is 4.44.